The summed E-state index contributed by atoms with van der Waals surface area (Å²) >= 11 is 0. The third kappa shape index (κ3) is 2.44. The van der Waals surface area contributed by atoms with Gasteiger partial charge in [-0.15, -0.1) is 0 Å². The fraction of sp³-hybridized carbons (Fsp3) is 0.333. The number of piperazine rings is 1. The van der Waals surface area contributed by atoms with Gasteiger partial charge in [0.15, 0.2) is 17.9 Å². The van der Waals surface area contributed by atoms with Crippen LogP contribution in [0.2, 0.25) is 0 Å². The van der Waals surface area contributed by atoms with Crippen LogP contribution in [0.4, 0.5) is 14.9 Å². The molecule has 0 aromatic heterocycles. The number of phenolic OH excluding ortho intramolecular Hbond substituents is 1. The number of anilines is 1. The first-order valence-electron chi connectivity index (χ1n) is 5.74. The maximum atomic E-state index is 13.9. The molecule has 1 aliphatic rings. The minimum Gasteiger partial charge on any atom is -0.504 e. The number of hydrogen-bond donors (Lipinski definition) is 2. The van der Waals surface area contributed by atoms with Crippen LogP contribution in [0.5, 0.6) is 5.75 Å². The van der Waals surface area contributed by atoms with E-state index in [4.69, 9.17) is 5.11 Å². The topological polar surface area (TPSA) is 81.1 Å². The van der Waals surface area contributed by atoms with E-state index in [-0.39, 0.29) is 24.3 Å². The summed E-state index contributed by atoms with van der Waals surface area (Å²) in [6.45, 7) is 1.21. The van der Waals surface area contributed by atoms with Gasteiger partial charge in [0, 0.05) is 26.2 Å². The number of aldehydes is 1. The number of hydrogen-bond acceptors (Lipinski definition) is 4. The van der Waals surface area contributed by atoms with Gasteiger partial charge in [-0.1, -0.05) is 0 Å². The molecule has 0 spiro atoms. The standard InChI is InChI=1S/C12H13FN2O4/c13-10-9(2-1-8(7-16)11(10)17)14-3-5-15(6-4-14)12(18)19/h1-2,7,17H,3-6H2,(H,18,19). The summed E-state index contributed by atoms with van der Waals surface area (Å²) in [6.07, 6.45) is -0.621. The molecule has 2 N–H and O–H groups in total. The Bertz CT molecular complexity index is 513. The molecule has 0 atom stereocenters. The van der Waals surface area contributed by atoms with Gasteiger partial charge in [0.25, 0.3) is 0 Å². The van der Waals surface area contributed by atoms with E-state index in [1.807, 2.05) is 0 Å². The molecule has 1 aromatic rings. The second-order valence-electron chi connectivity index (χ2n) is 4.21. The zero-order chi connectivity index (χ0) is 14.0. The van der Waals surface area contributed by atoms with E-state index in [1.165, 1.54) is 17.0 Å². The number of carbonyl (C=O) groups excluding carboxylic acids is 1. The minimum atomic E-state index is -1.00. The van der Waals surface area contributed by atoms with Crippen LogP contribution >= 0.6 is 0 Å². The molecule has 102 valence electrons. The minimum absolute atomic E-state index is 0.106. The highest BCUT2D eigenvalue weighted by Gasteiger charge is 2.24. The molecule has 7 heteroatoms. The number of nitrogens with zero attached hydrogens (tertiary/aromatic N) is 2. The lowest BCUT2D eigenvalue weighted by Gasteiger charge is -2.34. The van der Waals surface area contributed by atoms with Crippen LogP contribution in [-0.2, 0) is 0 Å². The Balaban J connectivity index is 2.18. The van der Waals surface area contributed by atoms with Crippen molar-refractivity contribution in [2.24, 2.45) is 0 Å². The highest BCUT2D eigenvalue weighted by atomic mass is 19.1. The van der Waals surface area contributed by atoms with Gasteiger partial charge >= 0.3 is 6.09 Å². The van der Waals surface area contributed by atoms with E-state index in [0.29, 0.717) is 19.4 Å². The monoisotopic (exact) mass is 268 g/mol. The van der Waals surface area contributed by atoms with Crippen LogP contribution in [0.25, 0.3) is 0 Å². The van der Waals surface area contributed by atoms with E-state index in [2.05, 4.69) is 0 Å². The third-order valence-corrected chi connectivity index (χ3v) is 3.14. The molecular weight excluding hydrogens is 255 g/mol. The van der Waals surface area contributed by atoms with Crippen molar-refractivity contribution in [1.82, 2.24) is 4.90 Å². The Kier molecular flexibility index (Phi) is 3.55. The second-order valence-corrected chi connectivity index (χ2v) is 4.21. The maximum absolute atomic E-state index is 13.9. The van der Waals surface area contributed by atoms with Gasteiger partial charge in [0.05, 0.1) is 11.3 Å². The Morgan fingerprint density at radius 3 is 2.42 bits per heavy atom. The lowest BCUT2D eigenvalue weighted by atomic mass is 10.1. The van der Waals surface area contributed by atoms with E-state index >= 15 is 0 Å². The molecule has 1 fully saturated rings. The highest BCUT2D eigenvalue weighted by molar-refractivity contribution is 5.81. The average Bonchev–Trinajstić information content (AvgIpc) is 2.42. The summed E-state index contributed by atoms with van der Waals surface area (Å²) in [5.41, 5.74) is 0.0681. The van der Waals surface area contributed by atoms with E-state index in [9.17, 15) is 19.1 Å². The smallest absolute Gasteiger partial charge is 0.407 e. The number of amides is 1. The van der Waals surface area contributed by atoms with Gasteiger partial charge in [-0.25, -0.2) is 9.18 Å². The molecule has 2 rings (SSSR count). The fourth-order valence-electron chi connectivity index (χ4n) is 2.05. The lowest BCUT2D eigenvalue weighted by molar-refractivity contribution is 0.112. The predicted octanol–water partition coefficient (Wildman–Crippen LogP) is 1.14. The number of carboxylic acid groups (broad SMARTS) is 1. The van der Waals surface area contributed by atoms with Crippen LogP contribution in [0.15, 0.2) is 12.1 Å². The first-order chi connectivity index (χ1) is 9.04. The normalized spacial score (nSPS) is 15.4. The molecule has 19 heavy (non-hydrogen) atoms. The number of rotatable bonds is 2. The van der Waals surface area contributed by atoms with Crippen molar-refractivity contribution in [3.63, 3.8) is 0 Å². The summed E-state index contributed by atoms with van der Waals surface area (Å²) in [7, 11) is 0. The maximum Gasteiger partial charge on any atom is 0.407 e. The molecule has 1 heterocycles. The van der Waals surface area contributed by atoms with Crippen molar-refractivity contribution in [2.75, 3.05) is 31.1 Å². The molecular formula is C12H13FN2O4. The zero-order valence-corrected chi connectivity index (χ0v) is 10.0. The van der Waals surface area contributed by atoms with Gasteiger partial charge in [-0.3, -0.25) is 4.79 Å². The average molecular weight is 268 g/mol. The second kappa shape index (κ2) is 5.13. The van der Waals surface area contributed by atoms with Crippen molar-refractivity contribution in [3.05, 3.63) is 23.5 Å². The molecule has 6 nitrogen and oxygen atoms in total. The van der Waals surface area contributed by atoms with Crippen molar-refractivity contribution in [1.29, 1.82) is 0 Å². The number of aromatic hydroxyl groups is 1. The first kappa shape index (κ1) is 13.1. The third-order valence-electron chi connectivity index (χ3n) is 3.14. The van der Waals surface area contributed by atoms with Gasteiger partial charge < -0.3 is 20.0 Å². The van der Waals surface area contributed by atoms with Crippen LogP contribution < -0.4 is 4.90 Å². The Labute approximate surface area is 108 Å². The van der Waals surface area contributed by atoms with Crippen molar-refractivity contribution in [3.8, 4) is 5.75 Å². The quantitative estimate of drug-likeness (QED) is 0.786. The van der Waals surface area contributed by atoms with Gasteiger partial charge in [0.2, 0.25) is 0 Å². The van der Waals surface area contributed by atoms with E-state index in [0.717, 1.165) is 0 Å². The zero-order valence-electron chi connectivity index (χ0n) is 10.0. The number of halogens is 1. The van der Waals surface area contributed by atoms with Crippen LogP contribution in [0.1, 0.15) is 10.4 Å². The van der Waals surface area contributed by atoms with Gasteiger partial charge in [-0.05, 0) is 12.1 Å². The molecule has 0 aliphatic carbocycles. The van der Waals surface area contributed by atoms with Crippen LogP contribution in [0.3, 0.4) is 0 Å². The van der Waals surface area contributed by atoms with Crippen molar-refractivity contribution in [2.45, 2.75) is 0 Å². The molecule has 0 radical (unpaired) electrons. The SMILES string of the molecule is O=Cc1ccc(N2CCN(C(=O)O)CC2)c(F)c1O. The Morgan fingerprint density at radius 2 is 1.89 bits per heavy atom. The summed E-state index contributed by atoms with van der Waals surface area (Å²) < 4.78 is 13.9. The Hall–Kier alpha value is -2.31. The molecule has 0 saturated carbocycles. The molecule has 0 unspecified atom stereocenters. The fourth-order valence-corrected chi connectivity index (χ4v) is 2.05. The van der Waals surface area contributed by atoms with E-state index < -0.39 is 17.7 Å². The molecule has 1 aliphatic heterocycles. The molecule has 0 bridgehead atoms. The Morgan fingerprint density at radius 1 is 1.26 bits per heavy atom. The molecule has 1 amide bonds. The first-order valence-corrected chi connectivity index (χ1v) is 5.74. The highest BCUT2D eigenvalue weighted by Crippen LogP contribution is 2.30. The van der Waals surface area contributed by atoms with Crippen LogP contribution in [0, 0.1) is 5.82 Å². The van der Waals surface area contributed by atoms with Gasteiger partial charge in [0.1, 0.15) is 0 Å². The van der Waals surface area contributed by atoms with Gasteiger partial charge in [-0.2, -0.15) is 0 Å². The number of benzene rings is 1. The summed E-state index contributed by atoms with van der Waals surface area (Å²) in [4.78, 5) is 24.2. The van der Waals surface area contributed by atoms with Crippen molar-refractivity contribution >= 4 is 18.1 Å². The largest absolute Gasteiger partial charge is 0.504 e. The van der Waals surface area contributed by atoms with E-state index in [1.54, 1.807) is 4.90 Å². The predicted molar refractivity (Wildman–Crippen MR) is 65.3 cm³/mol. The summed E-state index contributed by atoms with van der Waals surface area (Å²) in [5, 5.41) is 18.3. The van der Waals surface area contributed by atoms with Crippen LogP contribution in [-0.4, -0.2) is 53.7 Å². The number of carbonyl (C=O) groups is 2. The summed E-state index contributed by atoms with van der Waals surface area (Å²) in [6, 6.07) is 2.75. The lowest BCUT2D eigenvalue weighted by Crippen LogP contribution is -2.48. The summed E-state index contributed by atoms with van der Waals surface area (Å²) in [5.74, 6) is -1.53. The molecule has 1 saturated heterocycles. The molecule has 1 aromatic carbocycles. The number of phenols is 1. The van der Waals surface area contributed by atoms with Crippen molar-refractivity contribution < 1.29 is 24.2 Å².